The predicted octanol–water partition coefficient (Wildman–Crippen LogP) is 3.55. The van der Waals surface area contributed by atoms with E-state index in [9.17, 15) is 4.79 Å². The van der Waals surface area contributed by atoms with Gasteiger partial charge in [-0.05, 0) is 24.3 Å². The molecule has 1 aliphatic carbocycles. The molecule has 0 aromatic carbocycles. The normalized spacial score (nSPS) is 23.1. The summed E-state index contributed by atoms with van der Waals surface area (Å²) in [7, 11) is 0. The van der Waals surface area contributed by atoms with Crippen LogP contribution in [0.1, 0.15) is 36.5 Å². The molecule has 2 atom stereocenters. The molecule has 3 nitrogen and oxygen atoms in total. The van der Waals surface area contributed by atoms with Gasteiger partial charge < -0.3 is 5.32 Å². The van der Waals surface area contributed by atoms with Crippen molar-refractivity contribution in [2.24, 2.45) is 11.8 Å². The van der Waals surface area contributed by atoms with E-state index in [1.165, 1.54) is 31.5 Å². The molecule has 2 unspecified atom stereocenters. The van der Waals surface area contributed by atoms with Crippen LogP contribution < -0.4 is 5.32 Å². The van der Waals surface area contributed by atoms with Crippen molar-refractivity contribution in [2.45, 2.75) is 26.2 Å². The maximum atomic E-state index is 12.0. The highest BCUT2D eigenvalue weighted by molar-refractivity contribution is 6.35. The van der Waals surface area contributed by atoms with Crippen molar-refractivity contribution in [3.05, 3.63) is 28.0 Å². The molecule has 98 valence electrons. The Labute approximate surface area is 117 Å². The second kappa shape index (κ2) is 5.89. The van der Waals surface area contributed by atoms with E-state index in [0.29, 0.717) is 29.0 Å². The van der Waals surface area contributed by atoms with Crippen LogP contribution in [0.5, 0.6) is 0 Å². The molecule has 18 heavy (non-hydrogen) atoms. The average molecular weight is 287 g/mol. The lowest BCUT2D eigenvalue weighted by atomic mass is 9.98. The lowest BCUT2D eigenvalue weighted by Gasteiger charge is -2.16. The van der Waals surface area contributed by atoms with Gasteiger partial charge in [0.15, 0.2) is 0 Å². The highest BCUT2D eigenvalue weighted by Gasteiger charge is 2.24. The molecule has 0 radical (unpaired) electrons. The average Bonchev–Trinajstić information content (AvgIpc) is 2.75. The number of nitrogens with one attached hydrogen (secondary N) is 1. The Morgan fingerprint density at radius 2 is 2.28 bits per heavy atom. The minimum Gasteiger partial charge on any atom is -0.352 e. The summed E-state index contributed by atoms with van der Waals surface area (Å²) >= 11 is 11.7. The minimum atomic E-state index is -0.177. The molecule has 1 N–H and O–H groups in total. The standard InChI is InChI=1S/C13H16Cl2N2O/c1-8-3-2-4-9(8)6-17-13(18)10-5-12(15)16-7-11(10)14/h5,7-9H,2-4,6H2,1H3,(H,17,18). The van der Waals surface area contributed by atoms with E-state index >= 15 is 0 Å². The summed E-state index contributed by atoms with van der Waals surface area (Å²) in [5.41, 5.74) is 0.391. The summed E-state index contributed by atoms with van der Waals surface area (Å²) in [4.78, 5) is 15.8. The molecule has 1 aromatic rings. The smallest absolute Gasteiger partial charge is 0.252 e. The molecule has 1 saturated carbocycles. The van der Waals surface area contributed by atoms with Crippen LogP contribution in [0.2, 0.25) is 10.2 Å². The summed E-state index contributed by atoms with van der Waals surface area (Å²) in [6.07, 6.45) is 5.09. The van der Waals surface area contributed by atoms with E-state index in [4.69, 9.17) is 23.2 Å². The molecular weight excluding hydrogens is 271 g/mol. The highest BCUT2D eigenvalue weighted by Crippen LogP contribution is 2.30. The van der Waals surface area contributed by atoms with E-state index in [1.54, 1.807) is 0 Å². The molecular formula is C13H16Cl2N2O. The first-order chi connectivity index (χ1) is 8.58. The van der Waals surface area contributed by atoms with Crippen LogP contribution in [-0.4, -0.2) is 17.4 Å². The summed E-state index contributed by atoms with van der Waals surface area (Å²) in [5.74, 6) is 1.08. The van der Waals surface area contributed by atoms with Crippen LogP contribution in [0.3, 0.4) is 0 Å². The van der Waals surface area contributed by atoms with Gasteiger partial charge in [0.05, 0.1) is 10.6 Å². The van der Waals surface area contributed by atoms with Crippen LogP contribution >= 0.6 is 23.2 Å². The van der Waals surface area contributed by atoms with Crippen molar-refractivity contribution >= 4 is 29.1 Å². The number of amides is 1. The molecule has 0 saturated heterocycles. The van der Waals surface area contributed by atoms with Crippen molar-refractivity contribution in [3.63, 3.8) is 0 Å². The first-order valence-corrected chi connectivity index (χ1v) is 6.92. The number of rotatable bonds is 3. The maximum Gasteiger partial charge on any atom is 0.252 e. The number of aromatic nitrogens is 1. The molecule has 1 heterocycles. The van der Waals surface area contributed by atoms with Crippen molar-refractivity contribution < 1.29 is 4.79 Å². The van der Waals surface area contributed by atoms with Gasteiger partial charge in [0.1, 0.15) is 5.15 Å². The van der Waals surface area contributed by atoms with Gasteiger partial charge in [-0.2, -0.15) is 0 Å². The number of halogens is 2. The minimum absolute atomic E-state index is 0.177. The van der Waals surface area contributed by atoms with Gasteiger partial charge in [0, 0.05) is 12.7 Å². The van der Waals surface area contributed by atoms with Crippen LogP contribution in [0, 0.1) is 11.8 Å². The first kappa shape index (κ1) is 13.6. The van der Waals surface area contributed by atoms with Crippen LogP contribution in [-0.2, 0) is 0 Å². The summed E-state index contributed by atoms with van der Waals surface area (Å²) in [6.45, 7) is 2.94. The molecule has 1 amide bonds. The maximum absolute atomic E-state index is 12.0. The van der Waals surface area contributed by atoms with Gasteiger partial charge in [-0.3, -0.25) is 4.79 Å². The first-order valence-electron chi connectivity index (χ1n) is 6.17. The van der Waals surface area contributed by atoms with Crippen molar-refractivity contribution in [1.82, 2.24) is 10.3 Å². The number of carbonyl (C=O) groups is 1. The van der Waals surface area contributed by atoms with Gasteiger partial charge in [0.2, 0.25) is 0 Å². The van der Waals surface area contributed by atoms with E-state index in [0.717, 1.165) is 0 Å². The Hall–Kier alpha value is -0.800. The fourth-order valence-corrected chi connectivity index (χ4v) is 2.78. The van der Waals surface area contributed by atoms with Crippen LogP contribution in [0.15, 0.2) is 12.3 Å². The zero-order valence-electron chi connectivity index (χ0n) is 10.2. The monoisotopic (exact) mass is 286 g/mol. The van der Waals surface area contributed by atoms with Crippen LogP contribution in [0.4, 0.5) is 0 Å². The van der Waals surface area contributed by atoms with E-state index in [-0.39, 0.29) is 11.1 Å². The van der Waals surface area contributed by atoms with Crippen molar-refractivity contribution in [3.8, 4) is 0 Å². The number of pyridine rings is 1. The predicted molar refractivity (Wildman–Crippen MR) is 73.1 cm³/mol. The second-order valence-electron chi connectivity index (χ2n) is 4.87. The van der Waals surface area contributed by atoms with Gasteiger partial charge in [-0.25, -0.2) is 4.98 Å². The Bertz CT molecular complexity index is 451. The quantitative estimate of drug-likeness (QED) is 0.864. The topological polar surface area (TPSA) is 42.0 Å². The third-order valence-electron chi connectivity index (χ3n) is 3.63. The van der Waals surface area contributed by atoms with E-state index in [2.05, 4.69) is 17.2 Å². The number of hydrogen-bond donors (Lipinski definition) is 1. The molecule has 1 fully saturated rings. The van der Waals surface area contributed by atoms with Crippen molar-refractivity contribution in [1.29, 1.82) is 0 Å². The Balaban J connectivity index is 1.97. The third-order valence-corrected chi connectivity index (χ3v) is 4.14. The van der Waals surface area contributed by atoms with E-state index in [1.807, 2.05) is 0 Å². The third kappa shape index (κ3) is 3.15. The SMILES string of the molecule is CC1CCCC1CNC(=O)c1cc(Cl)ncc1Cl. The zero-order valence-corrected chi connectivity index (χ0v) is 11.8. The fourth-order valence-electron chi connectivity index (χ4n) is 2.43. The lowest BCUT2D eigenvalue weighted by Crippen LogP contribution is -2.30. The van der Waals surface area contributed by atoms with Gasteiger partial charge in [0.25, 0.3) is 5.91 Å². The molecule has 1 aromatic heterocycles. The van der Waals surface area contributed by atoms with E-state index < -0.39 is 0 Å². The van der Waals surface area contributed by atoms with Crippen LogP contribution in [0.25, 0.3) is 0 Å². The number of carbonyl (C=O) groups excluding carboxylic acids is 1. The van der Waals surface area contributed by atoms with Crippen molar-refractivity contribution in [2.75, 3.05) is 6.54 Å². The Kier molecular flexibility index (Phi) is 4.46. The molecule has 1 aliphatic rings. The Morgan fingerprint density at radius 1 is 1.50 bits per heavy atom. The summed E-state index contributed by atoms with van der Waals surface area (Å²) in [5, 5.41) is 3.54. The number of hydrogen-bond acceptors (Lipinski definition) is 2. The van der Waals surface area contributed by atoms with Gasteiger partial charge in [-0.15, -0.1) is 0 Å². The summed E-state index contributed by atoms with van der Waals surface area (Å²) < 4.78 is 0. The molecule has 0 bridgehead atoms. The molecule has 2 rings (SSSR count). The number of nitrogens with zero attached hydrogens (tertiary/aromatic N) is 1. The highest BCUT2D eigenvalue weighted by atomic mass is 35.5. The molecule has 0 spiro atoms. The largest absolute Gasteiger partial charge is 0.352 e. The van der Waals surface area contributed by atoms with Gasteiger partial charge in [-0.1, -0.05) is 43.0 Å². The zero-order chi connectivity index (χ0) is 13.1. The lowest BCUT2D eigenvalue weighted by molar-refractivity contribution is 0.0944. The summed E-state index contributed by atoms with van der Waals surface area (Å²) in [6, 6.07) is 1.50. The fraction of sp³-hybridized carbons (Fsp3) is 0.538. The molecule has 5 heteroatoms. The Morgan fingerprint density at radius 3 is 2.94 bits per heavy atom. The molecule has 0 aliphatic heterocycles. The second-order valence-corrected chi connectivity index (χ2v) is 5.66. The van der Waals surface area contributed by atoms with Gasteiger partial charge >= 0.3 is 0 Å².